The third-order valence-electron chi connectivity index (χ3n) is 5.39. The Hall–Kier alpha value is -1.43. The summed E-state index contributed by atoms with van der Waals surface area (Å²) in [5.74, 6) is -0.727. The second-order valence-electron chi connectivity index (χ2n) is 7.58. The number of β-amino-alcohol motifs (C(OH)–C–C–N with tert-alkyl or cyclic N) is 1. The molecule has 0 aromatic rings. The van der Waals surface area contributed by atoms with Crippen molar-refractivity contribution in [2.45, 2.75) is 25.4 Å². The highest BCUT2D eigenvalue weighted by Crippen LogP contribution is 2.25. The number of nitrogens with zero attached hydrogens (tertiary/aromatic N) is 3. The SMILES string of the molecule is CCOC(=O)N1CCC(O)(CN2CCN(S(C)(=O)=O)CC(C(=O)NC)C2)CC1. The largest absolute Gasteiger partial charge is 0.450 e. The van der Waals surface area contributed by atoms with Crippen LogP contribution in [0, 0.1) is 5.92 Å². The molecule has 2 rings (SSSR count). The summed E-state index contributed by atoms with van der Waals surface area (Å²) in [6, 6.07) is 0. The number of ether oxygens (including phenoxy) is 1. The van der Waals surface area contributed by atoms with E-state index in [0.29, 0.717) is 52.2 Å². The van der Waals surface area contributed by atoms with Gasteiger partial charge in [-0.3, -0.25) is 9.69 Å². The van der Waals surface area contributed by atoms with E-state index in [-0.39, 0.29) is 25.1 Å². The summed E-state index contributed by atoms with van der Waals surface area (Å²) in [6.45, 7) is 4.40. The molecule has 0 bridgehead atoms. The molecular weight excluding hydrogens is 388 g/mol. The fraction of sp³-hybridized carbons (Fsp3) is 0.882. The number of sulfonamides is 1. The second-order valence-corrected chi connectivity index (χ2v) is 9.56. The number of carbonyl (C=O) groups excluding carboxylic acids is 2. The van der Waals surface area contributed by atoms with Gasteiger partial charge in [0.1, 0.15) is 0 Å². The number of amides is 2. The minimum Gasteiger partial charge on any atom is -0.450 e. The second kappa shape index (κ2) is 9.38. The van der Waals surface area contributed by atoms with Crippen molar-refractivity contribution in [1.82, 2.24) is 19.4 Å². The Kier molecular flexibility index (Phi) is 7.66. The zero-order chi connectivity index (χ0) is 20.9. The first-order chi connectivity index (χ1) is 13.1. The summed E-state index contributed by atoms with van der Waals surface area (Å²) in [4.78, 5) is 27.6. The lowest BCUT2D eigenvalue weighted by Gasteiger charge is -2.40. The average Bonchev–Trinajstić information content (AvgIpc) is 2.84. The molecule has 0 aromatic heterocycles. The van der Waals surface area contributed by atoms with E-state index < -0.39 is 21.5 Å². The molecule has 2 N–H and O–H groups in total. The number of aliphatic hydroxyl groups is 1. The summed E-state index contributed by atoms with van der Waals surface area (Å²) < 4.78 is 30.3. The average molecular weight is 421 g/mol. The van der Waals surface area contributed by atoms with Gasteiger partial charge in [-0.15, -0.1) is 0 Å². The third-order valence-corrected chi connectivity index (χ3v) is 6.66. The molecule has 11 heteroatoms. The minimum absolute atomic E-state index is 0.129. The van der Waals surface area contributed by atoms with Crippen LogP contribution in [0.2, 0.25) is 0 Å². The van der Waals surface area contributed by atoms with E-state index in [1.54, 1.807) is 11.8 Å². The molecule has 0 radical (unpaired) electrons. The first kappa shape index (κ1) is 22.9. The summed E-state index contributed by atoms with van der Waals surface area (Å²) in [6.07, 6.45) is 1.58. The Morgan fingerprint density at radius 1 is 1.18 bits per heavy atom. The molecule has 2 heterocycles. The molecule has 0 saturated carbocycles. The highest BCUT2D eigenvalue weighted by molar-refractivity contribution is 7.88. The van der Waals surface area contributed by atoms with E-state index in [0.717, 1.165) is 6.26 Å². The molecule has 2 saturated heterocycles. The van der Waals surface area contributed by atoms with Crippen LogP contribution in [0.15, 0.2) is 0 Å². The lowest BCUT2D eigenvalue weighted by Crippen LogP contribution is -2.53. The molecule has 0 aliphatic carbocycles. The van der Waals surface area contributed by atoms with Crippen molar-refractivity contribution in [3.05, 3.63) is 0 Å². The summed E-state index contributed by atoms with van der Waals surface area (Å²) in [5, 5.41) is 13.6. The van der Waals surface area contributed by atoms with E-state index in [1.165, 1.54) is 11.4 Å². The number of nitrogens with one attached hydrogen (secondary N) is 1. The monoisotopic (exact) mass is 420 g/mol. The number of hydrogen-bond donors (Lipinski definition) is 2. The third kappa shape index (κ3) is 6.03. The van der Waals surface area contributed by atoms with E-state index in [4.69, 9.17) is 4.74 Å². The van der Waals surface area contributed by atoms with Crippen molar-refractivity contribution < 1.29 is 27.9 Å². The Balaban J connectivity index is 2.02. The summed E-state index contributed by atoms with van der Waals surface area (Å²) >= 11 is 0. The molecule has 2 fully saturated rings. The predicted molar refractivity (Wildman–Crippen MR) is 103 cm³/mol. The lowest BCUT2D eigenvalue weighted by atomic mass is 9.90. The van der Waals surface area contributed by atoms with Crippen molar-refractivity contribution in [2.75, 3.05) is 65.7 Å². The molecule has 162 valence electrons. The van der Waals surface area contributed by atoms with Crippen LogP contribution in [0.5, 0.6) is 0 Å². The molecule has 0 spiro atoms. The molecular formula is C17H32N4O6S. The topological polar surface area (TPSA) is 119 Å². The Morgan fingerprint density at radius 2 is 1.82 bits per heavy atom. The molecule has 0 aromatic carbocycles. The summed E-state index contributed by atoms with van der Waals surface area (Å²) in [7, 11) is -1.88. The van der Waals surface area contributed by atoms with Gasteiger partial charge in [-0.05, 0) is 19.8 Å². The number of carbonyl (C=O) groups is 2. The van der Waals surface area contributed by atoms with Gasteiger partial charge in [0.05, 0.1) is 24.4 Å². The normalized spacial score (nSPS) is 24.4. The van der Waals surface area contributed by atoms with Gasteiger partial charge in [-0.2, -0.15) is 0 Å². The Bertz CT molecular complexity index is 663. The van der Waals surface area contributed by atoms with Gasteiger partial charge in [-0.1, -0.05) is 0 Å². The first-order valence-electron chi connectivity index (χ1n) is 9.61. The lowest BCUT2D eigenvalue weighted by molar-refractivity contribution is -0.125. The van der Waals surface area contributed by atoms with E-state index in [1.807, 2.05) is 4.90 Å². The Labute approximate surface area is 166 Å². The highest BCUT2D eigenvalue weighted by atomic mass is 32.2. The molecule has 28 heavy (non-hydrogen) atoms. The van der Waals surface area contributed by atoms with E-state index in [9.17, 15) is 23.1 Å². The molecule has 10 nitrogen and oxygen atoms in total. The first-order valence-corrected chi connectivity index (χ1v) is 11.5. The van der Waals surface area contributed by atoms with Crippen LogP contribution in [0.3, 0.4) is 0 Å². The van der Waals surface area contributed by atoms with Crippen LogP contribution < -0.4 is 5.32 Å². The number of rotatable bonds is 5. The van der Waals surface area contributed by atoms with Crippen molar-refractivity contribution in [1.29, 1.82) is 0 Å². The van der Waals surface area contributed by atoms with Crippen molar-refractivity contribution >= 4 is 22.0 Å². The van der Waals surface area contributed by atoms with Crippen LogP contribution in [0.25, 0.3) is 0 Å². The van der Waals surface area contributed by atoms with Gasteiger partial charge in [0, 0.05) is 52.9 Å². The fourth-order valence-corrected chi connectivity index (χ4v) is 4.62. The van der Waals surface area contributed by atoms with E-state index in [2.05, 4.69) is 5.32 Å². The van der Waals surface area contributed by atoms with Crippen molar-refractivity contribution in [3.8, 4) is 0 Å². The van der Waals surface area contributed by atoms with Gasteiger partial charge in [0.15, 0.2) is 0 Å². The van der Waals surface area contributed by atoms with Crippen LogP contribution >= 0.6 is 0 Å². The van der Waals surface area contributed by atoms with Crippen LogP contribution in [-0.4, -0.2) is 111 Å². The zero-order valence-electron chi connectivity index (χ0n) is 16.9. The quantitative estimate of drug-likeness (QED) is 0.580. The fourth-order valence-electron chi connectivity index (χ4n) is 3.76. The van der Waals surface area contributed by atoms with E-state index >= 15 is 0 Å². The smallest absolute Gasteiger partial charge is 0.409 e. The highest BCUT2D eigenvalue weighted by Gasteiger charge is 2.38. The van der Waals surface area contributed by atoms with Gasteiger partial charge in [-0.25, -0.2) is 17.5 Å². The predicted octanol–water partition coefficient (Wildman–Crippen LogP) is -1.09. The van der Waals surface area contributed by atoms with Crippen molar-refractivity contribution in [3.63, 3.8) is 0 Å². The standard InChI is InChI=1S/C17H32N4O6S/c1-4-27-16(23)20-7-5-17(24,6-8-20)13-19-9-10-21(28(3,25)26)12-14(11-19)15(22)18-2/h14,24H,4-13H2,1-3H3,(H,18,22). The van der Waals surface area contributed by atoms with Gasteiger partial charge in [0.25, 0.3) is 0 Å². The Morgan fingerprint density at radius 3 is 2.36 bits per heavy atom. The molecule has 1 unspecified atom stereocenters. The van der Waals surface area contributed by atoms with Crippen LogP contribution in [-0.2, 0) is 19.6 Å². The number of piperidine rings is 1. The van der Waals surface area contributed by atoms with Crippen LogP contribution in [0.4, 0.5) is 4.79 Å². The van der Waals surface area contributed by atoms with Crippen LogP contribution in [0.1, 0.15) is 19.8 Å². The molecule has 2 amide bonds. The van der Waals surface area contributed by atoms with Gasteiger partial charge < -0.3 is 20.1 Å². The summed E-state index contributed by atoms with van der Waals surface area (Å²) in [5.41, 5.74) is -0.990. The van der Waals surface area contributed by atoms with Crippen molar-refractivity contribution in [2.24, 2.45) is 5.92 Å². The van der Waals surface area contributed by atoms with Gasteiger partial charge in [0.2, 0.25) is 15.9 Å². The number of likely N-dealkylation sites (tertiary alicyclic amines) is 1. The maximum atomic E-state index is 12.2. The number of hydrogen-bond acceptors (Lipinski definition) is 7. The molecule has 2 aliphatic heterocycles. The van der Waals surface area contributed by atoms with Gasteiger partial charge >= 0.3 is 6.09 Å². The molecule has 2 aliphatic rings. The zero-order valence-corrected chi connectivity index (χ0v) is 17.7. The molecule has 1 atom stereocenters. The maximum absolute atomic E-state index is 12.2. The maximum Gasteiger partial charge on any atom is 0.409 e. The minimum atomic E-state index is -3.41.